The molecular weight excluding hydrogens is 506 g/mol. The molecule has 3 aromatic rings. The molecule has 1 nitrogen and oxygen atoms in total. The SMILES string of the molecule is C=C=Cc1ccc(C)cc1.CC.CCC(C)CCCc1ccc(C2CCCC(c3cc(C)ccc3C)=C2C)cc1.CN. The number of allylic oxidation sites excluding steroid dienone is 2. The molecule has 3 aromatic carbocycles. The Bertz CT molecular complexity index is 1240. The largest absolute Gasteiger partial charge is 0.333 e. The summed E-state index contributed by atoms with van der Waals surface area (Å²) in [5.41, 5.74) is 20.1. The Labute approximate surface area is 259 Å². The number of hydrogen-bond donors (Lipinski definition) is 1. The van der Waals surface area contributed by atoms with Gasteiger partial charge in [0.2, 0.25) is 0 Å². The number of nitrogens with two attached hydrogens (primary N) is 1. The molecule has 0 heterocycles. The van der Waals surface area contributed by atoms with Crippen LogP contribution in [-0.2, 0) is 6.42 Å². The fourth-order valence-electron chi connectivity index (χ4n) is 5.49. The second-order valence-electron chi connectivity index (χ2n) is 11.3. The highest BCUT2D eigenvalue weighted by atomic mass is 14.4. The molecule has 0 spiro atoms. The minimum atomic E-state index is 0.581. The molecule has 0 radical (unpaired) electrons. The zero-order chi connectivity index (χ0) is 31.5. The number of hydrogen-bond acceptors (Lipinski definition) is 1. The van der Waals surface area contributed by atoms with E-state index in [1.807, 2.05) is 32.1 Å². The van der Waals surface area contributed by atoms with E-state index >= 15 is 0 Å². The molecule has 0 saturated heterocycles. The quantitative estimate of drug-likeness (QED) is 0.270. The summed E-state index contributed by atoms with van der Waals surface area (Å²) < 4.78 is 0. The second-order valence-corrected chi connectivity index (χ2v) is 11.3. The second kappa shape index (κ2) is 20.7. The van der Waals surface area contributed by atoms with Crippen molar-refractivity contribution in [3.8, 4) is 0 Å². The van der Waals surface area contributed by atoms with Crippen molar-refractivity contribution >= 4 is 11.6 Å². The van der Waals surface area contributed by atoms with E-state index in [-0.39, 0.29) is 0 Å². The molecular formula is C41H59N. The van der Waals surface area contributed by atoms with Crippen molar-refractivity contribution in [1.82, 2.24) is 0 Å². The molecule has 2 N–H and O–H groups in total. The first kappa shape index (κ1) is 36.9. The van der Waals surface area contributed by atoms with E-state index < -0.39 is 0 Å². The highest BCUT2D eigenvalue weighted by molar-refractivity contribution is 5.73. The molecule has 1 aliphatic rings. The predicted octanol–water partition coefficient (Wildman–Crippen LogP) is 11.8. The van der Waals surface area contributed by atoms with Gasteiger partial charge in [0.25, 0.3) is 0 Å². The minimum Gasteiger partial charge on any atom is -0.333 e. The maximum absolute atomic E-state index is 4.50. The first-order valence-corrected chi connectivity index (χ1v) is 16.2. The van der Waals surface area contributed by atoms with Crippen LogP contribution in [0.4, 0.5) is 0 Å². The molecule has 1 aliphatic carbocycles. The molecule has 4 rings (SSSR count). The summed E-state index contributed by atoms with van der Waals surface area (Å²) in [6.07, 6.45) is 10.8. The van der Waals surface area contributed by atoms with Crippen molar-refractivity contribution in [2.24, 2.45) is 11.7 Å². The van der Waals surface area contributed by atoms with E-state index in [2.05, 4.69) is 114 Å². The van der Waals surface area contributed by atoms with Crippen LogP contribution in [0, 0.1) is 26.7 Å². The van der Waals surface area contributed by atoms with Crippen LogP contribution < -0.4 is 5.73 Å². The summed E-state index contributed by atoms with van der Waals surface area (Å²) >= 11 is 0. The molecule has 1 heteroatoms. The number of aryl methyl sites for hydroxylation is 4. The van der Waals surface area contributed by atoms with Gasteiger partial charge < -0.3 is 5.73 Å². The van der Waals surface area contributed by atoms with Gasteiger partial charge in [0.1, 0.15) is 0 Å². The minimum absolute atomic E-state index is 0.581. The van der Waals surface area contributed by atoms with E-state index in [1.165, 1.54) is 85.4 Å². The van der Waals surface area contributed by atoms with Gasteiger partial charge in [-0.15, -0.1) is 5.73 Å². The highest BCUT2D eigenvalue weighted by Crippen LogP contribution is 2.42. The van der Waals surface area contributed by atoms with Crippen LogP contribution in [0.2, 0.25) is 0 Å². The van der Waals surface area contributed by atoms with Crippen LogP contribution in [0.15, 0.2) is 84.6 Å². The van der Waals surface area contributed by atoms with Gasteiger partial charge in [0.05, 0.1) is 0 Å². The Morgan fingerprint density at radius 1 is 0.905 bits per heavy atom. The van der Waals surface area contributed by atoms with E-state index in [1.54, 1.807) is 11.1 Å². The zero-order valence-corrected chi connectivity index (χ0v) is 28.3. The van der Waals surface area contributed by atoms with Gasteiger partial charge in [-0.05, 0) is 112 Å². The lowest BCUT2D eigenvalue weighted by atomic mass is 9.76. The topological polar surface area (TPSA) is 26.0 Å². The number of benzene rings is 3. The zero-order valence-electron chi connectivity index (χ0n) is 28.3. The molecule has 42 heavy (non-hydrogen) atoms. The molecule has 0 saturated carbocycles. The lowest BCUT2D eigenvalue weighted by molar-refractivity contribution is 0.495. The summed E-state index contributed by atoms with van der Waals surface area (Å²) in [7, 11) is 1.50. The third kappa shape index (κ3) is 12.0. The fourth-order valence-corrected chi connectivity index (χ4v) is 5.49. The summed E-state index contributed by atoms with van der Waals surface area (Å²) in [6, 6.07) is 24.7. The fraction of sp³-hybridized carbons (Fsp3) is 0.439. The molecule has 0 aliphatic heterocycles. The molecule has 2 unspecified atom stereocenters. The standard InChI is InChI=1S/C28H38.C10H10.C2H6.CH5N/c1-6-20(2)9-7-10-24-15-17-25(18-16-24)26-11-8-12-27(23(26)5)28-19-21(3)13-14-22(28)4;1-3-4-10-7-5-9(2)6-8-10;2*1-2/h13-20,26H,6-12H2,1-5H3;4-8H,1H2,2H3;1-2H3;2H2,1H3. The van der Waals surface area contributed by atoms with Crippen LogP contribution in [-0.4, -0.2) is 7.05 Å². The Morgan fingerprint density at radius 2 is 1.52 bits per heavy atom. The van der Waals surface area contributed by atoms with Crippen LogP contribution >= 0.6 is 0 Å². The van der Waals surface area contributed by atoms with Crippen LogP contribution in [0.5, 0.6) is 0 Å². The Balaban J connectivity index is 0.000000526. The van der Waals surface area contributed by atoms with Crippen LogP contribution in [0.1, 0.15) is 118 Å². The third-order valence-electron chi connectivity index (χ3n) is 8.22. The molecule has 2 atom stereocenters. The Hall–Kier alpha value is -3.12. The van der Waals surface area contributed by atoms with Crippen molar-refractivity contribution in [3.05, 3.63) is 124 Å². The van der Waals surface area contributed by atoms with E-state index in [0.717, 1.165) is 11.5 Å². The Kier molecular flexibility index (Phi) is 18.2. The van der Waals surface area contributed by atoms with Crippen molar-refractivity contribution in [2.45, 2.75) is 106 Å². The first-order chi connectivity index (χ1) is 20.3. The van der Waals surface area contributed by atoms with Crippen LogP contribution in [0.3, 0.4) is 0 Å². The van der Waals surface area contributed by atoms with E-state index in [4.69, 9.17) is 0 Å². The monoisotopic (exact) mass is 565 g/mol. The van der Waals surface area contributed by atoms with Crippen molar-refractivity contribution in [1.29, 1.82) is 0 Å². The van der Waals surface area contributed by atoms with E-state index in [0.29, 0.717) is 5.92 Å². The average molecular weight is 566 g/mol. The lowest BCUT2D eigenvalue weighted by Crippen LogP contribution is -2.09. The first-order valence-electron chi connectivity index (χ1n) is 16.2. The van der Waals surface area contributed by atoms with Crippen molar-refractivity contribution < 1.29 is 0 Å². The highest BCUT2D eigenvalue weighted by Gasteiger charge is 2.23. The van der Waals surface area contributed by atoms with Gasteiger partial charge in [-0.1, -0.05) is 131 Å². The molecule has 228 valence electrons. The smallest absolute Gasteiger partial charge is 0.00515 e. The van der Waals surface area contributed by atoms with Gasteiger partial charge in [0, 0.05) is 5.92 Å². The molecule has 0 aromatic heterocycles. The molecule has 0 amide bonds. The normalized spacial score (nSPS) is 14.6. The maximum Gasteiger partial charge on any atom is 0.00515 e. The summed E-state index contributed by atoms with van der Waals surface area (Å²) in [5, 5.41) is 0. The predicted molar refractivity (Wildman–Crippen MR) is 190 cm³/mol. The summed E-state index contributed by atoms with van der Waals surface area (Å²) in [6.45, 7) is 21.1. The summed E-state index contributed by atoms with van der Waals surface area (Å²) in [4.78, 5) is 0. The van der Waals surface area contributed by atoms with Crippen molar-refractivity contribution in [2.75, 3.05) is 7.05 Å². The Morgan fingerprint density at radius 3 is 2.12 bits per heavy atom. The van der Waals surface area contributed by atoms with Crippen molar-refractivity contribution in [3.63, 3.8) is 0 Å². The van der Waals surface area contributed by atoms with Crippen LogP contribution in [0.25, 0.3) is 11.6 Å². The molecule has 0 fully saturated rings. The van der Waals surface area contributed by atoms with Gasteiger partial charge >= 0.3 is 0 Å². The van der Waals surface area contributed by atoms with Gasteiger partial charge in [0.15, 0.2) is 0 Å². The average Bonchev–Trinajstić information content (AvgIpc) is 3.02. The third-order valence-corrected chi connectivity index (χ3v) is 8.22. The molecule has 0 bridgehead atoms. The maximum atomic E-state index is 4.50. The number of rotatable bonds is 8. The van der Waals surface area contributed by atoms with E-state index in [9.17, 15) is 0 Å². The summed E-state index contributed by atoms with van der Waals surface area (Å²) in [5.74, 6) is 1.44. The van der Waals surface area contributed by atoms with Gasteiger partial charge in [-0.2, -0.15) is 0 Å². The van der Waals surface area contributed by atoms with Gasteiger partial charge in [-0.3, -0.25) is 0 Å². The van der Waals surface area contributed by atoms with Gasteiger partial charge in [-0.25, -0.2) is 0 Å². The lowest BCUT2D eigenvalue weighted by Gasteiger charge is -2.28.